The van der Waals surface area contributed by atoms with E-state index in [-0.39, 0.29) is 6.61 Å². The van der Waals surface area contributed by atoms with Gasteiger partial charge in [0.2, 0.25) is 0 Å². The fourth-order valence-electron chi connectivity index (χ4n) is 1.01. The Balaban J connectivity index is 2.49. The zero-order valence-corrected chi connectivity index (χ0v) is 10.8. The van der Waals surface area contributed by atoms with Crippen LogP contribution in [-0.4, -0.2) is 18.3 Å². The summed E-state index contributed by atoms with van der Waals surface area (Å²) in [6, 6.07) is 5.81. The Hall–Kier alpha value is -0.0600. The predicted octanol–water partition coefficient (Wildman–Crippen LogP) is 3.36. The van der Waals surface area contributed by atoms with Gasteiger partial charge in [-0.15, -0.1) is 0 Å². The zero-order chi connectivity index (χ0) is 10.4. The van der Waals surface area contributed by atoms with Crippen LogP contribution in [0, 0.1) is 0 Å². The van der Waals surface area contributed by atoms with Crippen molar-refractivity contribution in [3.05, 3.63) is 27.1 Å². The fourth-order valence-corrected chi connectivity index (χ4v) is 2.24. The van der Waals surface area contributed by atoms with Gasteiger partial charge in [-0.3, -0.25) is 0 Å². The Bertz CT molecular complexity index is 269. The topological polar surface area (TPSA) is 29.5 Å². The van der Waals surface area contributed by atoms with E-state index in [1.165, 1.54) is 0 Å². The highest BCUT2D eigenvalue weighted by atomic mass is 79.9. The number of unbranched alkanes of at least 4 members (excludes halogenated alkanes) is 1. The van der Waals surface area contributed by atoms with Crippen molar-refractivity contribution in [1.82, 2.24) is 0 Å². The minimum Gasteiger partial charge on any atom is -0.491 e. The van der Waals surface area contributed by atoms with Crippen molar-refractivity contribution < 1.29 is 9.84 Å². The summed E-state index contributed by atoms with van der Waals surface area (Å²) in [6.07, 6.45) is 1.65. The molecule has 0 aliphatic heterocycles. The van der Waals surface area contributed by atoms with Crippen LogP contribution in [0.2, 0.25) is 0 Å². The minimum atomic E-state index is 0.223. The molecule has 0 saturated carbocycles. The van der Waals surface area contributed by atoms with E-state index < -0.39 is 0 Å². The molecular weight excluding hydrogens is 312 g/mol. The van der Waals surface area contributed by atoms with Crippen molar-refractivity contribution >= 4 is 31.9 Å². The fraction of sp³-hybridized carbons (Fsp3) is 0.400. The van der Waals surface area contributed by atoms with Gasteiger partial charge in [-0.2, -0.15) is 0 Å². The van der Waals surface area contributed by atoms with E-state index in [4.69, 9.17) is 9.84 Å². The molecule has 0 fully saturated rings. The van der Waals surface area contributed by atoms with Gasteiger partial charge in [0.1, 0.15) is 5.75 Å². The smallest absolute Gasteiger partial charge is 0.147 e. The maximum Gasteiger partial charge on any atom is 0.147 e. The lowest BCUT2D eigenvalue weighted by Gasteiger charge is -2.09. The summed E-state index contributed by atoms with van der Waals surface area (Å²) in [4.78, 5) is 0. The largest absolute Gasteiger partial charge is 0.491 e. The molecule has 0 heterocycles. The van der Waals surface area contributed by atoms with Crippen molar-refractivity contribution in [3.8, 4) is 5.75 Å². The van der Waals surface area contributed by atoms with Crippen molar-refractivity contribution in [2.75, 3.05) is 13.2 Å². The molecule has 14 heavy (non-hydrogen) atoms. The zero-order valence-electron chi connectivity index (χ0n) is 7.67. The molecule has 1 aromatic rings. The van der Waals surface area contributed by atoms with E-state index in [1.54, 1.807) is 0 Å². The average Bonchev–Trinajstić information content (AvgIpc) is 2.16. The standard InChI is InChI=1S/C10H12Br2O2/c11-8-4-3-5-9(12)10(8)14-7-2-1-6-13/h3-5,13H,1-2,6-7H2. The third-order valence-electron chi connectivity index (χ3n) is 1.72. The van der Waals surface area contributed by atoms with Crippen molar-refractivity contribution in [1.29, 1.82) is 0 Å². The Morgan fingerprint density at radius 1 is 1.14 bits per heavy atom. The van der Waals surface area contributed by atoms with Gasteiger partial charge in [0.15, 0.2) is 0 Å². The van der Waals surface area contributed by atoms with E-state index in [2.05, 4.69) is 31.9 Å². The van der Waals surface area contributed by atoms with Crippen LogP contribution in [0.15, 0.2) is 27.1 Å². The van der Waals surface area contributed by atoms with Crippen LogP contribution in [0.5, 0.6) is 5.75 Å². The summed E-state index contributed by atoms with van der Waals surface area (Å²) in [7, 11) is 0. The monoisotopic (exact) mass is 322 g/mol. The molecule has 0 radical (unpaired) electrons. The van der Waals surface area contributed by atoms with E-state index >= 15 is 0 Å². The van der Waals surface area contributed by atoms with Crippen LogP contribution in [0.3, 0.4) is 0 Å². The summed E-state index contributed by atoms with van der Waals surface area (Å²) in [5.41, 5.74) is 0. The molecule has 0 unspecified atom stereocenters. The predicted molar refractivity (Wildman–Crippen MR) is 63.7 cm³/mol. The second-order valence-electron chi connectivity index (χ2n) is 2.83. The number of aliphatic hydroxyl groups is 1. The molecule has 0 amide bonds. The number of hydrogen-bond donors (Lipinski definition) is 1. The van der Waals surface area contributed by atoms with Gasteiger partial charge in [-0.1, -0.05) is 6.07 Å². The molecule has 1 N–H and O–H groups in total. The van der Waals surface area contributed by atoms with Crippen LogP contribution >= 0.6 is 31.9 Å². The van der Waals surface area contributed by atoms with E-state index in [0.717, 1.165) is 27.5 Å². The highest BCUT2D eigenvalue weighted by Gasteiger charge is 2.04. The molecule has 1 rings (SSSR count). The lowest BCUT2D eigenvalue weighted by molar-refractivity contribution is 0.252. The number of para-hydroxylation sites is 1. The molecule has 4 heteroatoms. The minimum absolute atomic E-state index is 0.223. The number of hydrogen-bond acceptors (Lipinski definition) is 2. The molecule has 0 aliphatic carbocycles. The van der Waals surface area contributed by atoms with E-state index in [9.17, 15) is 0 Å². The van der Waals surface area contributed by atoms with E-state index in [1.807, 2.05) is 18.2 Å². The highest BCUT2D eigenvalue weighted by Crippen LogP contribution is 2.32. The molecule has 0 spiro atoms. The number of aliphatic hydroxyl groups excluding tert-OH is 1. The van der Waals surface area contributed by atoms with Gasteiger partial charge in [-0.25, -0.2) is 0 Å². The van der Waals surface area contributed by atoms with Crippen molar-refractivity contribution in [2.45, 2.75) is 12.8 Å². The first-order valence-corrected chi connectivity index (χ1v) is 6.02. The molecule has 0 aliphatic rings. The molecule has 78 valence electrons. The van der Waals surface area contributed by atoms with E-state index in [0.29, 0.717) is 6.61 Å². The summed E-state index contributed by atoms with van der Waals surface area (Å²) in [5, 5.41) is 8.60. The van der Waals surface area contributed by atoms with Gasteiger partial charge >= 0.3 is 0 Å². The number of halogens is 2. The van der Waals surface area contributed by atoms with Crippen molar-refractivity contribution in [3.63, 3.8) is 0 Å². The summed E-state index contributed by atoms with van der Waals surface area (Å²) < 4.78 is 7.45. The molecule has 0 atom stereocenters. The molecule has 2 nitrogen and oxygen atoms in total. The quantitative estimate of drug-likeness (QED) is 0.842. The van der Waals surface area contributed by atoms with Crippen LogP contribution in [0.1, 0.15) is 12.8 Å². The SMILES string of the molecule is OCCCCOc1c(Br)cccc1Br. The van der Waals surface area contributed by atoms with Gasteiger partial charge in [0.25, 0.3) is 0 Å². The second-order valence-corrected chi connectivity index (χ2v) is 4.54. The Labute approximate surface area is 101 Å². The van der Waals surface area contributed by atoms with Crippen LogP contribution < -0.4 is 4.74 Å². The number of ether oxygens (including phenoxy) is 1. The van der Waals surface area contributed by atoms with Gasteiger partial charge in [0.05, 0.1) is 15.6 Å². The van der Waals surface area contributed by atoms with Crippen molar-refractivity contribution in [2.24, 2.45) is 0 Å². The molecule has 0 saturated heterocycles. The average molecular weight is 324 g/mol. The van der Waals surface area contributed by atoms with Gasteiger partial charge in [-0.05, 0) is 56.8 Å². The number of rotatable bonds is 5. The van der Waals surface area contributed by atoms with Gasteiger partial charge < -0.3 is 9.84 Å². The molecule has 1 aromatic carbocycles. The van der Waals surface area contributed by atoms with Crippen LogP contribution in [0.25, 0.3) is 0 Å². The maximum absolute atomic E-state index is 8.60. The number of benzene rings is 1. The third kappa shape index (κ3) is 3.59. The second kappa shape index (κ2) is 6.43. The molecule has 0 aromatic heterocycles. The van der Waals surface area contributed by atoms with Crippen LogP contribution in [-0.2, 0) is 0 Å². The summed E-state index contributed by atoms with van der Waals surface area (Å²) >= 11 is 6.82. The Morgan fingerprint density at radius 3 is 2.36 bits per heavy atom. The third-order valence-corrected chi connectivity index (χ3v) is 2.97. The Morgan fingerprint density at radius 2 is 1.79 bits per heavy atom. The first-order chi connectivity index (χ1) is 6.75. The molecular formula is C10H12Br2O2. The highest BCUT2D eigenvalue weighted by molar-refractivity contribution is 9.11. The molecule has 0 bridgehead atoms. The normalized spacial score (nSPS) is 10.2. The van der Waals surface area contributed by atoms with Crippen LogP contribution in [0.4, 0.5) is 0 Å². The maximum atomic E-state index is 8.60. The summed E-state index contributed by atoms with van der Waals surface area (Å²) in [5.74, 6) is 0.824. The van der Waals surface area contributed by atoms with Gasteiger partial charge in [0, 0.05) is 6.61 Å². The lowest BCUT2D eigenvalue weighted by atomic mass is 10.3. The first kappa shape index (κ1) is 12.0. The lowest BCUT2D eigenvalue weighted by Crippen LogP contribution is -1.99. The Kier molecular flexibility index (Phi) is 5.52. The first-order valence-electron chi connectivity index (χ1n) is 4.43. The summed E-state index contributed by atoms with van der Waals surface area (Å²) in [6.45, 7) is 0.849.